The van der Waals surface area contributed by atoms with Crippen molar-refractivity contribution in [2.75, 3.05) is 6.54 Å². The van der Waals surface area contributed by atoms with E-state index in [1.54, 1.807) is 17.5 Å². The summed E-state index contributed by atoms with van der Waals surface area (Å²) in [6, 6.07) is 0. The second kappa shape index (κ2) is 5.23. The van der Waals surface area contributed by atoms with Crippen molar-refractivity contribution < 1.29 is 0 Å². The number of imidazole rings is 1. The van der Waals surface area contributed by atoms with E-state index < -0.39 is 0 Å². The first-order valence-electron chi connectivity index (χ1n) is 5.40. The maximum Gasteiger partial charge on any atom is 0.141 e. The van der Waals surface area contributed by atoms with Gasteiger partial charge in [-0.05, 0) is 12.5 Å². The van der Waals surface area contributed by atoms with E-state index in [0.29, 0.717) is 5.92 Å². The Morgan fingerprint density at radius 2 is 2.31 bits per heavy atom. The molecule has 0 bridgehead atoms. The molecule has 2 aromatic rings. The number of nitrogens with one attached hydrogen (secondary N) is 2. The van der Waals surface area contributed by atoms with Crippen LogP contribution in [0.15, 0.2) is 17.8 Å². The summed E-state index contributed by atoms with van der Waals surface area (Å²) >= 11 is 1.62. The Morgan fingerprint density at radius 3 is 3.00 bits per heavy atom. The lowest BCUT2D eigenvalue weighted by molar-refractivity contribution is 0.545. The van der Waals surface area contributed by atoms with Gasteiger partial charge in [-0.1, -0.05) is 13.8 Å². The van der Waals surface area contributed by atoms with Crippen LogP contribution in [0.4, 0.5) is 0 Å². The minimum Gasteiger partial charge on any atom is -0.339 e. The van der Waals surface area contributed by atoms with E-state index in [0.717, 1.165) is 29.6 Å². The Hall–Kier alpha value is -1.20. The fourth-order valence-electron chi connectivity index (χ4n) is 1.40. The third-order valence-corrected chi connectivity index (χ3v) is 2.94. The van der Waals surface area contributed by atoms with Gasteiger partial charge in [0.05, 0.1) is 18.4 Å². The van der Waals surface area contributed by atoms with Crippen LogP contribution >= 0.6 is 11.3 Å². The van der Waals surface area contributed by atoms with Crippen molar-refractivity contribution in [2.24, 2.45) is 5.92 Å². The second-order valence-corrected chi connectivity index (χ2v) is 5.00. The average Bonchev–Trinajstić information content (AvgIpc) is 2.85. The molecular formula is C11H16N4S. The van der Waals surface area contributed by atoms with Gasteiger partial charge in [0.2, 0.25) is 0 Å². The van der Waals surface area contributed by atoms with Crippen molar-refractivity contribution in [1.29, 1.82) is 0 Å². The van der Waals surface area contributed by atoms with Crippen LogP contribution in [0.5, 0.6) is 0 Å². The van der Waals surface area contributed by atoms with Crippen molar-refractivity contribution in [3.05, 3.63) is 23.6 Å². The van der Waals surface area contributed by atoms with Gasteiger partial charge < -0.3 is 10.3 Å². The van der Waals surface area contributed by atoms with Crippen molar-refractivity contribution in [1.82, 2.24) is 20.3 Å². The number of aromatic nitrogens is 3. The van der Waals surface area contributed by atoms with Crippen molar-refractivity contribution >= 4 is 11.3 Å². The zero-order chi connectivity index (χ0) is 11.4. The van der Waals surface area contributed by atoms with Crippen molar-refractivity contribution in [3.8, 4) is 10.7 Å². The Labute approximate surface area is 99.2 Å². The molecule has 0 aromatic carbocycles. The topological polar surface area (TPSA) is 53.6 Å². The molecule has 2 heterocycles. The molecule has 2 aromatic heterocycles. The molecule has 0 radical (unpaired) electrons. The summed E-state index contributed by atoms with van der Waals surface area (Å²) in [6.07, 6.45) is 3.64. The van der Waals surface area contributed by atoms with Gasteiger partial charge in [0.25, 0.3) is 0 Å². The fraction of sp³-hybridized carbons (Fsp3) is 0.455. The third kappa shape index (κ3) is 2.90. The molecule has 0 amide bonds. The van der Waals surface area contributed by atoms with E-state index in [-0.39, 0.29) is 0 Å². The Kier molecular flexibility index (Phi) is 3.69. The summed E-state index contributed by atoms with van der Waals surface area (Å²) in [6.45, 7) is 6.17. The average molecular weight is 236 g/mol. The number of nitrogens with zero attached hydrogens (tertiary/aromatic N) is 2. The molecule has 86 valence electrons. The number of hydrogen-bond acceptors (Lipinski definition) is 4. The normalized spacial score (nSPS) is 11.2. The molecule has 4 nitrogen and oxygen atoms in total. The Morgan fingerprint density at radius 1 is 1.44 bits per heavy atom. The van der Waals surface area contributed by atoms with Crippen molar-refractivity contribution in [2.45, 2.75) is 20.4 Å². The summed E-state index contributed by atoms with van der Waals surface area (Å²) in [5.74, 6) is 1.62. The predicted octanol–water partition coefficient (Wildman–Crippen LogP) is 2.28. The van der Waals surface area contributed by atoms with Crippen LogP contribution in [0, 0.1) is 5.92 Å². The first-order chi connectivity index (χ1) is 7.75. The maximum absolute atomic E-state index is 4.32. The monoisotopic (exact) mass is 236 g/mol. The molecule has 16 heavy (non-hydrogen) atoms. The van der Waals surface area contributed by atoms with Gasteiger partial charge in [-0.15, -0.1) is 11.3 Å². The van der Waals surface area contributed by atoms with Gasteiger partial charge in [0.15, 0.2) is 0 Å². The van der Waals surface area contributed by atoms with Crippen LogP contribution < -0.4 is 5.32 Å². The number of aromatic amines is 1. The summed E-state index contributed by atoms with van der Waals surface area (Å²) in [4.78, 5) is 11.8. The van der Waals surface area contributed by atoms with Gasteiger partial charge in [0.1, 0.15) is 10.8 Å². The summed E-state index contributed by atoms with van der Waals surface area (Å²) in [5.41, 5.74) is 0.997. The molecule has 5 heteroatoms. The standard InChI is InChI=1S/C11H16N4S/c1-8(2)5-12-7-10-14-6-9(15-10)11-13-3-4-16-11/h3-4,6,8,12H,5,7H2,1-2H3,(H,14,15). The van der Waals surface area contributed by atoms with Crippen molar-refractivity contribution in [3.63, 3.8) is 0 Å². The highest BCUT2D eigenvalue weighted by Crippen LogP contribution is 2.18. The van der Waals surface area contributed by atoms with Gasteiger partial charge in [-0.25, -0.2) is 9.97 Å². The summed E-state index contributed by atoms with van der Waals surface area (Å²) in [7, 11) is 0. The predicted molar refractivity (Wildman–Crippen MR) is 66.2 cm³/mol. The lowest BCUT2D eigenvalue weighted by Crippen LogP contribution is -2.19. The third-order valence-electron chi connectivity index (χ3n) is 2.14. The minimum absolute atomic E-state index is 0.661. The van der Waals surface area contributed by atoms with E-state index in [1.165, 1.54) is 0 Å². The number of rotatable bonds is 5. The molecule has 0 saturated heterocycles. The molecule has 0 unspecified atom stereocenters. The maximum atomic E-state index is 4.32. The summed E-state index contributed by atoms with van der Waals surface area (Å²) in [5, 5.41) is 6.30. The largest absolute Gasteiger partial charge is 0.339 e. The molecule has 2 N–H and O–H groups in total. The quantitative estimate of drug-likeness (QED) is 0.837. The first kappa shape index (κ1) is 11.3. The molecule has 0 spiro atoms. The molecule has 2 rings (SSSR count). The van der Waals surface area contributed by atoms with Gasteiger partial charge in [-0.2, -0.15) is 0 Å². The van der Waals surface area contributed by atoms with E-state index in [4.69, 9.17) is 0 Å². The Bertz CT molecular complexity index is 419. The second-order valence-electron chi connectivity index (χ2n) is 4.11. The highest BCUT2D eigenvalue weighted by Gasteiger charge is 2.04. The smallest absolute Gasteiger partial charge is 0.141 e. The summed E-state index contributed by atoms with van der Waals surface area (Å²) < 4.78 is 0. The lowest BCUT2D eigenvalue weighted by atomic mass is 10.2. The first-order valence-corrected chi connectivity index (χ1v) is 6.28. The zero-order valence-electron chi connectivity index (χ0n) is 9.53. The molecule has 0 fully saturated rings. The van der Waals surface area contributed by atoms with Crippen LogP contribution in [0.25, 0.3) is 10.7 Å². The van der Waals surface area contributed by atoms with E-state index in [1.807, 2.05) is 11.6 Å². The van der Waals surface area contributed by atoms with Crippen LogP contribution in [-0.2, 0) is 6.54 Å². The number of H-pyrrole nitrogens is 1. The SMILES string of the molecule is CC(C)CNCc1ncc(-c2nccs2)[nH]1. The number of hydrogen-bond donors (Lipinski definition) is 2. The minimum atomic E-state index is 0.661. The van der Waals surface area contributed by atoms with Crippen LogP contribution in [0.3, 0.4) is 0 Å². The molecule has 0 atom stereocenters. The molecule has 0 saturated carbocycles. The van der Waals surface area contributed by atoms with Gasteiger partial charge in [-0.3, -0.25) is 0 Å². The van der Waals surface area contributed by atoms with E-state index in [9.17, 15) is 0 Å². The van der Waals surface area contributed by atoms with E-state index >= 15 is 0 Å². The fourth-order valence-corrected chi connectivity index (χ4v) is 2.00. The van der Waals surface area contributed by atoms with Crippen LogP contribution in [-0.4, -0.2) is 21.5 Å². The van der Waals surface area contributed by atoms with Crippen LogP contribution in [0.2, 0.25) is 0 Å². The van der Waals surface area contributed by atoms with E-state index in [2.05, 4.69) is 34.1 Å². The van der Waals surface area contributed by atoms with Crippen LogP contribution in [0.1, 0.15) is 19.7 Å². The molecule has 0 aliphatic carbocycles. The van der Waals surface area contributed by atoms with Gasteiger partial charge >= 0.3 is 0 Å². The zero-order valence-corrected chi connectivity index (χ0v) is 10.3. The van der Waals surface area contributed by atoms with Gasteiger partial charge in [0, 0.05) is 11.6 Å². The molecule has 0 aliphatic heterocycles. The molecular weight excluding hydrogens is 220 g/mol. The Balaban J connectivity index is 1.93. The highest BCUT2D eigenvalue weighted by molar-refractivity contribution is 7.13. The molecule has 0 aliphatic rings. The number of thiazole rings is 1. The lowest BCUT2D eigenvalue weighted by Gasteiger charge is -2.04. The highest BCUT2D eigenvalue weighted by atomic mass is 32.1.